The predicted molar refractivity (Wildman–Crippen MR) is 135 cm³/mol. The summed E-state index contributed by atoms with van der Waals surface area (Å²) in [5, 5.41) is 0.204. The minimum Gasteiger partial charge on any atom is -0.411 e. The predicted octanol–water partition coefficient (Wildman–Crippen LogP) is 7.63. The van der Waals surface area contributed by atoms with Crippen LogP contribution in [0.15, 0.2) is 12.7 Å². The van der Waals surface area contributed by atoms with Crippen molar-refractivity contribution in [3.63, 3.8) is 0 Å². The van der Waals surface area contributed by atoms with Crippen LogP contribution in [0.3, 0.4) is 0 Å². The average molecular weight is 449 g/mol. The molecule has 1 heterocycles. The van der Waals surface area contributed by atoms with Crippen LogP contribution in [-0.2, 0) is 13.7 Å². The topological polar surface area (TPSA) is 27.7 Å². The van der Waals surface area contributed by atoms with E-state index < -0.39 is 8.32 Å². The number of hydrogen-bond donors (Lipinski definition) is 0. The molecule has 3 atom stereocenters. The van der Waals surface area contributed by atoms with Crippen molar-refractivity contribution in [1.82, 2.24) is 0 Å². The van der Waals surface area contributed by atoms with Crippen LogP contribution >= 0.6 is 0 Å². The quantitative estimate of drug-likeness (QED) is 0.296. The molecule has 0 aromatic rings. The third-order valence-electron chi connectivity index (χ3n) is 9.95. The molecule has 3 aliphatic carbocycles. The summed E-state index contributed by atoms with van der Waals surface area (Å²) in [6.07, 6.45) is 7.68. The molecule has 0 spiro atoms. The molecule has 4 fully saturated rings. The van der Waals surface area contributed by atoms with Crippen molar-refractivity contribution in [3.8, 4) is 0 Å². The highest BCUT2D eigenvalue weighted by molar-refractivity contribution is 6.74. The second-order valence-electron chi connectivity index (χ2n) is 14.0. The van der Waals surface area contributed by atoms with Gasteiger partial charge in [0, 0.05) is 5.82 Å². The van der Waals surface area contributed by atoms with E-state index in [0.29, 0.717) is 5.41 Å². The van der Waals surface area contributed by atoms with E-state index in [1.54, 1.807) is 0 Å². The van der Waals surface area contributed by atoms with Gasteiger partial charge in [-0.3, -0.25) is 0 Å². The van der Waals surface area contributed by atoms with Crippen LogP contribution in [0.4, 0.5) is 0 Å². The number of rotatable bonds is 7. The lowest BCUT2D eigenvalue weighted by atomic mass is 9.44. The molecule has 3 saturated carbocycles. The van der Waals surface area contributed by atoms with Crippen molar-refractivity contribution in [2.75, 3.05) is 0 Å². The molecule has 1 aliphatic heterocycles. The Hall–Kier alpha value is -0.0982. The van der Waals surface area contributed by atoms with Gasteiger partial charge >= 0.3 is 7.12 Å². The van der Waals surface area contributed by atoms with Gasteiger partial charge in [0.1, 0.15) is 0 Å². The zero-order valence-corrected chi connectivity index (χ0v) is 23.4. The van der Waals surface area contributed by atoms with Gasteiger partial charge in [-0.2, -0.15) is 0 Å². The molecule has 0 N–H and O–H groups in total. The van der Waals surface area contributed by atoms with Crippen LogP contribution in [0, 0.1) is 17.3 Å². The molecule has 0 aromatic heterocycles. The van der Waals surface area contributed by atoms with Gasteiger partial charge in [0.25, 0.3) is 0 Å². The summed E-state index contributed by atoms with van der Waals surface area (Å²) in [6, 6.07) is 0. The third kappa shape index (κ3) is 4.50. The van der Waals surface area contributed by atoms with Crippen molar-refractivity contribution in [2.45, 2.75) is 135 Å². The first-order valence-electron chi connectivity index (χ1n) is 12.5. The number of fused-ring (bicyclic) bond motifs is 2. The molecule has 178 valence electrons. The van der Waals surface area contributed by atoms with Gasteiger partial charge in [-0.25, -0.2) is 0 Å². The molecule has 5 heteroatoms. The summed E-state index contributed by atoms with van der Waals surface area (Å²) in [6.45, 7) is 29.5. The molecule has 0 radical (unpaired) electrons. The zero-order chi connectivity index (χ0) is 23.7. The van der Waals surface area contributed by atoms with E-state index in [-0.39, 0.29) is 34.8 Å². The lowest BCUT2D eigenvalue weighted by molar-refractivity contribution is -0.162. The molecule has 0 amide bonds. The summed E-state index contributed by atoms with van der Waals surface area (Å²) in [5.74, 6) is 1.79. The highest BCUT2D eigenvalue weighted by Crippen LogP contribution is 2.65. The normalized spacial score (nSPS) is 34.9. The van der Waals surface area contributed by atoms with Crippen LogP contribution in [0.2, 0.25) is 23.9 Å². The van der Waals surface area contributed by atoms with Gasteiger partial charge in [0.05, 0.1) is 16.8 Å². The summed E-state index contributed by atoms with van der Waals surface area (Å²) in [4.78, 5) is 0. The number of hydrogen-bond acceptors (Lipinski definition) is 3. The molecular formula is C26H49BO3Si. The van der Waals surface area contributed by atoms with Gasteiger partial charge in [-0.15, -0.1) is 6.58 Å². The van der Waals surface area contributed by atoms with Crippen molar-refractivity contribution in [2.24, 2.45) is 17.3 Å². The van der Waals surface area contributed by atoms with E-state index in [0.717, 1.165) is 24.7 Å². The maximum absolute atomic E-state index is 7.36. The Morgan fingerprint density at radius 2 is 1.52 bits per heavy atom. The van der Waals surface area contributed by atoms with Crippen LogP contribution in [0.5, 0.6) is 0 Å². The second-order valence-corrected chi connectivity index (χ2v) is 18.7. The molecule has 2 unspecified atom stereocenters. The Labute approximate surface area is 194 Å². The van der Waals surface area contributed by atoms with Crippen LogP contribution in [0.1, 0.15) is 94.4 Å². The lowest BCUT2D eigenvalue weighted by Crippen LogP contribution is -2.61. The van der Waals surface area contributed by atoms with Gasteiger partial charge in [0.2, 0.25) is 0 Å². The molecule has 31 heavy (non-hydrogen) atoms. The van der Waals surface area contributed by atoms with Crippen LogP contribution < -0.4 is 0 Å². The van der Waals surface area contributed by atoms with Crippen molar-refractivity contribution in [3.05, 3.63) is 12.7 Å². The van der Waals surface area contributed by atoms with Crippen molar-refractivity contribution < 1.29 is 13.7 Å². The smallest absolute Gasteiger partial charge is 0.411 e. The van der Waals surface area contributed by atoms with E-state index >= 15 is 0 Å². The monoisotopic (exact) mass is 448 g/mol. The molecule has 1 saturated heterocycles. The maximum Gasteiger partial charge on any atom is 0.461 e. The Balaban J connectivity index is 1.89. The fraction of sp³-hybridized carbons (Fsp3) is 0.923. The highest BCUT2D eigenvalue weighted by Gasteiger charge is 2.62. The Morgan fingerprint density at radius 3 is 1.90 bits per heavy atom. The molecule has 3 nitrogen and oxygen atoms in total. The van der Waals surface area contributed by atoms with E-state index in [4.69, 9.17) is 13.7 Å². The lowest BCUT2D eigenvalue weighted by Gasteiger charge is -2.64. The summed E-state index contributed by atoms with van der Waals surface area (Å²) < 4.78 is 20.4. The Bertz CT molecular complexity index is 661. The minimum absolute atomic E-state index is 0.0661. The summed E-state index contributed by atoms with van der Waals surface area (Å²) in [5.41, 5.74) is -0.218. The summed E-state index contributed by atoms with van der Waals surface area (Å²) in [7, 11) is -2.11. The minimum atomic E-state index is -1.91. The van der Waals surface area contributed by atoms with Gasteiger partial charge in [-0.05, 0) is 95.2 Å². The number of allylic oxidation sites excluding steroid dienone is 1. The summed E-state index contributed by atoms with van der Waals surface area (Å²) >= 11 is 0. The van der Waals surface area contributed by atoms with Gasteiger partial charge < -0.3 is 13.7 Å². The second kappa shape index (κ2) is 7.71. The molecule has 4 aliphatic rings. The first-order valence-corrected chi connectivity index (χ1v) is 15.4. The van der Waals surface area contributed by atoms with E-state index in [1.807, 2.05) is 6.08 Å². The van der Waals surface area contributed by atoms with Crippen molar-refractivity contribution in [1.29, 1.82) is 0 Å². The van der Waals surface area contributed by atoms with Crippen molar-refractivity contribution >= 4 is 15.4 Å². The van der Waals surface area contributed by atoms with E-state index in [9.17, 15) is 0 Å². The zero-order valence-electron chi connectivity index (χ0n) is 22.4. The molecule has 4 rings (SSSR count). The Kier molecular flexibility index (Phi) is 6.35. The first-order chi connectivity index (χ1) is 13.9. The molecular weight excluding hydrogens is 399 g/mol. The molecule has 0 aromatic carbocycles. The third-order valence-corrected chi connectivity index (χ3v) is 14.5. The van der Waals surface area contributed by atoms with E-state index in [2.05, 4.69) is 82.0 Å². The van der Waals surface area contributed by atoms with Gasteiger partial charge in [-0.1, -0.05) is 40.7 Å². The SMILES string of the molecule is C=CC[C@H](CC1(O[Si](C)(C)C(C)(C)C)CC2CC(C1)C2(C)C)B1OC(C)(C)C(C)(C)O1. The maximum atomic E-state index is 7.36. The molecule has 2 bridgehead atoms. The van der Waals surface area contributed by atoms with Crippen LogP contribution in [0.25, 0.3) is 0 Å². The highest BCUT2D eigenvalue weighted by atomic mass is 28.4. The Morgan fingerprint density at radius 1 is 1.03 bits per heavy atom. The first kappa shape index (κ1) is 25.5. The fourth-order valence-corrected chi connectivity index (χ4v) is 7.49. The van der Waals surface area contributed by atoms with E-state index in [1.165, 1.54) is 19.3 Å². The van der Waals surface area contributed by atoms with Gasteiger partial charge in [0.15, 0.2) is 8.32 Å². The van der Waals surface area contributed by atoms with Crippen LogP contribution in [-0.4, -0.2) is 32.2 Å². The standard InChI is InChI=1S/C26H49BO3Si/c1-13-14-21(27-28-24(7,8)25(9,10)29-27)18-26(30-31(11,12)22(2,3)4)16-19-15-20(17-26)23(19,5)6/h13,19-21H,1,14-18H2,2-12H3/t19?,20?,21-,26?/m1/s1. The fourth-order valence-electron chi connectivity index (χ4n) is 5.85. The largest absolute Gasteiger partial charge is 0.461 e. The average Bonchev–Trinajstić information content (AvgIpc) is 2.81.